The summed E-state index contributed by atoms with van der Waals surface area (Å²) in [6, 6.07) is 2.12. The number of unbranched alkanes of at least 4 members (excludes halogenated alkanes) is 2. The topological polar surface area (TPSA) is 17.8 Å². The fourth-order valence-electron chi connectivity index (χ4n) is 1.45. The lowest BCUT2D eigenvalue weighted by Crippen LogP contribution is -2.02. The number of aryl methyl sites for hydroxylation is 3. The van der Waals surface area contributed by atoms with E-state index in [1.165, 1.54) is 25.0 Å². The fourth-order valence-corrected chi connectivity index (χ4v) is 1.68. The Morgan fingerprint density at radius 1 is 1.31 bits per heavy atom. The van der Waals surface area contributed by atoms with Gasteiger partial charge in [0.2, 0.25) is 0 Å². The molecule has 0 N–H and O–H groups in total. The van der Waals surface area contributed by atoms with E-state index in [1.807, 2.05) is 6.92 Å². The molecule has 0 radical (unpaired) electrons. The van der Waals surface area contributed by atoms with Crippen molar-refractivity contribution < 1.29 is 0 Å². The second kappa shape index (κ2) is 5.32. The highest BCUT2D eigenvalue weighted by Crippen LogP contribution is 2.05. The smallest absolute Gasteiger partial charge is 0.0596 e. The number of aromatic nitrogens is 2. The summed E-state index contributed by atoms with van der Waals surface area (Å²) < 4.78 is 2.09. The minimum atomic E-state index is 0.997. The highest BCUT2D eigenvalue weighted by atomic mass is 32.1. The van der Waals surface area contributed by atoms with Gasteiger partial charge in [-0.25, -0.2) is 0 Å². The maximum atomic E-state index is 4.41. The Bertz CT molecular complexity index is 255. The van der Waals surface area contributed by atoms with Gasteiger partial charge in [0, 0.05) is 12.2 Å². The van der Waals surface area contributed by atoms with Crippen LogP contribution in [0.5, 0.6) is 0 Å². The summed E-state index contributed by atoms with van der Waals surface area (Å²) >= 11 is 4.18. The van der Waals surface area contributed by atoms with Gasteiger partial charge in [-0.1, -0.05) is 6.42 Å². The lowest BCUT2D eigenvalue weighted by Gasteiger charge is -2.02. The first-order valence-corrected chi connectivity index (χ1v) is 5.49. The SMILES string of the molecule is Cc1cc(C)n(CCCCCS)n1. The molecule has 0 aliphatic carbocycles. The van der Waals surface area contributed by atoms with Crippen molar-refractivity contribution in [1.82, 2.24) is 9.78 Å². The Kier molecular flexibility index (Phi) is 4.36. The van der Waals surface area contributed by atoms with Crippen LogP contribution >= 0.6 is 12.6 Å². The molecule has 2 nitrogen and oxygen atoms in total. The van der Waals surface area contributed by atoms with Crippen molar-refractivity contribution in [3.63, 3.8) is 0 Å². The zero-order valence-electron chi connectivity index (χ0n) is 8.45. The molecule has 0 atom stereocenters. The molecule has 0 spiro atoms. The third-order valence-corrected chi connectivity index (χ3v) is 2.45. The van der Waals surface area contributed by atoms with Crippen LogP contribution in [0.15, 0.2) is 6.07 Å². The zero-order valence-corrected chi connectivity index (χ0v) is 9.35. The summed E-state index contributed by atoms with van der Waals surface area (Å²) in [4.78, 5) is 0. The molecular formula is C10H18N2S. The van der Waals surface area contributed by atoms with Crippen molar-refractivity contribution in [3.8, 4) is 0 Å². The van der Waals surface area contributed by atoms with Crippen molar-refractivity contribution in [2.24, 2.45) is 0 Å². The van der Waals surface area contributed by atoms with Gasteiger partial charge in [-0.2, -0.15) is 17.7 Å². The Hall–Kier alpha value is -0.440. The molecule has 1 aromatic rings. The van der Waals surface area contributed by atoms with Gasteiger partial charge >= 0.3 is 0 Å². The van der Waals surface area contributed by atoms with E-state index in [-0.39, 0.29) is 0 Å². The van der Waals surface area contributed by atoms with Crippen molar-refractivity contribution in [2.45, 2.75) is 39.7 Å². The van der Waals surface area contributed by atoms with E-state index in [2.05, 4.69) is 35.4 Å². The molecule has 0 bridgehead atoms. The number of thiol groups is 1. The van der Waals surface area contributed by atoms with Crippen LogP contribution in [-0.2, 0) is 6.54 Å². The Morgan fingerprint density at radius 3 is 2.62 bits per heavy atom. The highest BCUT2D eigenvalue weighted by molar-refractivity contribution is 7.80. The molecule has 0 fully saturated rings. The molecule has 0 saturated carbocycles. The normalized spacial score (nSPS) is 10.7. The van der Waals surface area contributed by atoms with Crippen LogP contribution in [0.4, 0.5) is 0 Å². The minimum absolute atomic E-state index is 0.997. The molecule has 74 valence electrons. The third-order valence-electron chi connectivity index (χ3n) is 2.13. The van der Waals surface area contributed by atoms with Crippen LogP contribution in [0.3, 0.4) is 0 Å². The van der Waals surface area contributed by atoms with E-state index in [1.54, 1.807) is 0 Å². The Labute approximate surface area is 85.7 Å². The average molecular weight is 198 g/mol. The summed E-state index contributed by atoms with van der Waals surface area (Å²) in [6.45, 7) is 5.20. The lowest BCUT2D eigenvalue weighted by atomic mass is 10.2. The van der Waals surface area contributed by atoms with E-state index < -0.39 is 0 Å². The van der Waals surface area contributed by atoms with Gasteiger partial charge in [-0.3, -0.25) is 4.68 Å². The number of hydrogen-bond donors (Lipinski definition) is 1. The van der Waals surface area contributed by atoms with E-state index in [4.69, 9.17) is 0 Å². The quantitative estimate of drug-likeness (QED) is 0.569. The fraction of sp³-hybridized carbons (Fsp3) is 0.700. The first-order valence-electron chi connectivity index (χ1n) is 4.86. The molecule has 0 unspecified atom stereocenters. The first-order chi connectivity index (χ1) is 6.24. The molecule has 3 heteroatoms. The predicted molar refractivity (Wildman–Crippen MR) is 59.4 cm³/mol. The molecule has 0 saturated heterocycles. The molecule has 1 aromatic heterocycles. The van der Waals surface area contributed by atoms with E-state index in [0.29, 0.717) is 0 Å². The predicted octanol–water partition coefficient (Wildman–Crippen LogP) is 2.60. The van der Waals surface area contributed by atoms with Crippen LogP contribution in [0.25, 0.3) is 0 Å². The van der Waals surface area contributed by atoms with Crippen LogP contribution < -0.4 is 0 Å². The van der Waals surface area contributed by atoms with Crippen LogP contribution in [0, 0.1) is 13.8 Å². The maximum Gasteiger partial charge on any atom is 0.0596 e. The van der Waals surface area contributed by atoms with Gasteiger partial charge in [0.25, 0.3) is 0 Å². The zero-order chi connectivity index (χ0) is 9.68. The maximum absolute atomic E-state index is 4.41. The Balaban J connectivity index is 2.32. The van der Waals surface area contributed by atoms with E-state index >= 15 is 0 Å². The van der Waals surface area contributed by atoms with Gasteiger partial charge in [-0.15, -0.1) is 0 Å². The second-order valence-corrected chi connectivity index (χ2v) is 3.88. The molecule has 0 amide bonds. The van der Waals surface area contributed by atoms with Crippen LogP contribution in [0.1, 0.15) is 30.7 Å². The largest absolute Gasteiger partial charge is 0.270 e. The summed E-state index contributed by atoms with van der Waals surface area (Å²) in [5.74, 6) is 0.997. The first kappa shape index (κ1) is 10.6. The molecule has 0 aromatic carbocycles. The lowest BCUT2D eigenvalue weighted by molar-refractivity contribution is 0.541. The van der Waals surface area contributed by atoms with Gasteiger partial charge in [0.15, 0.2) is 0 Å². The molecular weight excluding hydrogens is 180 g/mol. The van der Waals surface area contributed by atoms with Crippen molar-refractivity contribution in [3.05, 3.63) is 17.5 Å². The summed E-state index contributed by atoms with van der Waals surface area (Å²) in [7, 11) is 0. The summed E-state index contributed by atoms with van der Waals surface area (Å²) in [5.41, 5.74) is 2.38. The van der Waals surface area contributed by atoms with Gasteiger partial charge in [0.1, 0.15) is 0 Å². The molecule has 1 rings (SSSR count). The Morgan fingerprint density at radius 2 is 2.08 bits per heavy atom. The second-order valence-electron chi connectivity index (χ2n) is 3.43. The summed E-state index contributed by atoms with van der Waals surface area (Å²) in [5, 5.41) is 4.41. The number of rotatable bonds is 5. The minimum Gasteiger partial charge on any atom is -0.270 e. The van der Waals surface area contributed by atoms with E-state index in [9.17, 15) is 0 Å². The number of hydrogen-bond acceptors (Lipinski definition) is 2. The molecule has 0 aliphatic rings. The third kappa shape index (κ3) is 3.43. The molecule has 1 heterocycles. The average Bonchev–Trinajstić information content (AvgIpc) is 2.39. The van der Waals surface area contributed by atoms with E-state index in [0.717, 1.165) is 18.0 Å². The van der Waals surface area contributed by atoms with Gasteiger partial charge in [0.05, 0.1) is 5.69 Å². The van der Waals surface area contributed by atoms with Crippen molar-refractivity contribution in [1.29, 1.82) is 0 Å². The van der Waals surface area contributed by atoms with Crippen LogP contribution in [0.2, 0.25) is 0 Å². The van der Waals surface area contributed by atoms with Crippen molar-refractivity contribution >= 4 is 12.6 Å². The van der Waals surface area contributed by atoms with Gasteiger partial charge in [-0.05, 0) is 38.5 Å². The van der Waals surface area contributed by atoms with Crippen LogP contribution in [-0.4, -0.2) is 15.5 Å². The standard InChI is InChI=1S/C10H18N2S/c1-9-8-10(2)12(11-9)6-4-3-5-7-13/h8,13H,3-7H2,1-2H3. The van der Waals surface area contributed by atoms with Crippen molar-refractivity contribution in [2.75, 3.05) is 5.75 Å². The monoisotopic (exact) mass is 198 g/mol. The summed E-state index contributed by atoms with van der Waals surface area (Å²) in [6.07, 6.45) is 3.67. The molecule has 13 heavy (non-hydrogen) atoms. The van der Waals surface area contributed by atoms with Gasteiger partial charge < -0.3 is 0 Å². The highest BCUT2D eigenvalue weighted by Gasteiger charge is 1.99. The molecule has 0 aliphatic heterocycles. The number of nitrogens with zero attached hydrogens (tertiary/aromatic N) is 2.